The van der Waals surface area contributed by atoms with E-state index in [0.717, 1.165) is 0 Å². The van der Waals surface area contributed by atoms with Gasteiger partial charge in [-0.2, -0.15) is 12.6 Å². The number of aromatic nitrogens is 2. The van der Waals surface area contributed by atoms with Gasteiger partial charge in [0.2, 0.25) is 17.7 Å². The van der Waals surface area contributed by atoms with Crippen LogP contribution in [0, 0.1) is 5.92 Å². The van der Waals surface area contributed by atoms with Gasteiger partial charge in [-0.15, -0.1) is 0 Å². The molecule has 4 unspecified atom stereocenters. The molecular formula is C19H30N6O7S. The number of amides is 3. The number of hydrogen-bond acceptors (Lipinski definition) is 8. The van der Waals surface area contributed by atoms with Gasteiger partial charge in [0.15, 0.2) is 0 Å². The van der Waals surface area contributed by atoms with Gasteiger partial charge >= 0.3 is 11.9 Å². The highest BCUT2D eigenvalue weighted by Gasteiger charge is 2.31. The number of nitrogens with one attached hydrogen (secondary N) is 4. The third-order valence-corrected chi connectivity index (χ3v) is 4.85. The van der Waals surface area contributed by atoms with E-state index in [1.54, 1.807) is 13.8 Å². The predicted molar refractivity (Wildman–Crippen MR) is 119 cm³/mol. The zero-order chi connectivity index (χ0) is 25.1. The summed E-state index contributed by atoms with van der Waals surface area (Å²) in [6.07, 6.45) is 2.43. The standard InChI is InChI=1S/C19H30N6O7S/c1-9(2)3-12(17(29)24-13(19(31)32)5-15(26)27)23-18(30)14(7-33)25-16(28)11(20)4-10-6-21-8-22-10/h6,8-9,11-14,33H,3-5,7,20H2,1-2H3,(H,21,22)(H,23,30)(H,24,29)(H,25,28)(H,26,27)(H,31,32). The van der Waals surface area contributed by atoms with E-state index in [0.29, 0.717) is 5.69 Å². The maximum absolute atomic E-state index is 12.7. The van der Waals surface area contributed by atoms with Gasteiger partial charge in [-0.3, -0.25) is 19.2 Å². The van der Waals surface area contributed by atoms with E-state index in [9.17, 15) is 24.0 Å². The van der Waals surface area contributed by atoms with Crippen molar-refractivity contribution in [3.8, 4) is 0 Å². The van der Waals surface area contributed by atoms with Crippen LogP contribution in [0.3, 0.4) is 0 Å². The van der Waals surface area contributed by atoms with E-state index in [-0.39, 0.29) is 24.5 Å². The van der Waals surface area contributed by atoms with Crippen LogP contribution >= 0.6 is 12.6 Å². The molecule has 0 radical (unpaired) electrons. The molecule has 4 atom stereocenters. The van der Waals surface area contributed by atoms with E-state index in [2.05, 4.69) is 38.5 Å². The minimum Gasteiger partial charge on any atom is -0.481 e. The molecule has 0 aliphatic heterocycles. The van der Waals surface area contributed by atoms with E-state index < -0.39 is 60.2 Å². The number of carboxylic acids is 2. The molecule has 0 saturated carbocycles. The van der Waals surface area contributed by atoms with Gasteiger partial charge in [0.1, 0.15) is 18.1 Å². The molecule has 13 nitrogen and oxygen atoms in total. The monoisotopic (exact) mass is 486 g/mol. The third-order valence-electron chi connectivity index (χ3n) is 4.48. The SMILES string of the molecule is CC(C)CC(NC(=O)C(CS)NC(=O)C(N)Cc1cnc[nH]1)C(=O)NC(CC(=O)O)C(=O)O. The largest absolute Gasteiger partial charge is 0.481 e. The van der Waals surface area contributed by atoms with E-state index in [1.165, 1.54) is 12.5 Å². The topological polar surface area (TPSA) is 217 Å². The van der Waals surface area contributed by atoms with Crippen LogP contribution in [-0.2, 0) is 30.4 Å². The second kappa shape index (κ2) is 13.4. The highest BCUT2D eigenvalue weighted by molar-refractivity contribution is 7.80. The maximum atomic E-state index is 12.7. The molecule has 3 amide bonds. The molecule has 1 heterocycles. The number of nitrogens with two attached hydrogens (primary N) is 1. The van der Waals surface area contributed by atoms with E-state index in [4.69, 9.17) is 15.9 Å². The van der Waals surface area contributed by atoms with Gasteiger partial charge in [-0.05, 0) is 12.3 Å². The van der Waals surface area contributed by atoms with Crippen molar-refractivity contribution < 1.29 is 34.2 Å². The highest BCUT2D eigenvalue weighted by Crippen LogP contribution is 2.07. The Balaban J connectivity index is 2.82. The molecule has 33 heavy (non-hydrogen) atoms. The molecule has 0 saturated heterocycles. The maximum Gasteiger partial charge on any atom is 0.326 e. The Morgan fingerprint density at radius 2 is 1.61 bits per heavy atom. The number of H-pyrrole nitrogens is 1. The molecule has 0 aromatic carbocycles. The van der Waals surface area contributed by atoms with Gasteiger partial charge in [0.05, 0.1) is 18.8 Å². The van der Waals surface area contributed by atoms with Crippen molar-refractivity contribution in [2.45, 2.75) is 57.3 Å². The number of thiol groups is 1. The smallest absolute Gasteiger partial charge is 0.326 e. The lowest BCUT2D eigenvalue weighted by molar-refractivity contribution is -0.147. The van der Waals surface area contributed by atoms with E-state index in [1.807, 2.05) is 0 Å². The minimum absolute atomic E-state index is 0.0735. The van der Waals surface area contributed by atoms with Crippen LogP contribution in [0.5, 0.6) is 0 Å². The predicted octanol–water partition coefficient (Wildman–Crippen LogP) is -1.73. The lowest BCUT2D eigenvalue weighted by Crippen LogP contribution is -2.58. The summed E-state index contributed by atoms with van der Waals surface area (Å²) in [6, 6.07) is -4.92. The van der Waals surface area contributed by atoms with Gasteiger partial charge in [-0.25, -0.2) is 9.78 Å². The number of rotatable bonds is 14. The first-order chi connectivity index (χ1) is 15.4. The van der Waals surface area contributed by atoms with Crippen molar-refractivity contribution in [2.24, 2.45) is 11.7 Å². The van der Waals surface area contributed by atoms with Crippen LogP contribution in [0.25, 0.3) is 0 Å². The molecule has 1 aromatic heterocycles. The number of aromatic amines is 1. The number of aliphatic carboxylic acids is 2. The number of imidazole rings is 1. The fourth-order valence-corrected chi connectivity index (χ4v) is 3.08. The number of carbonyl (C=O) groups is 5. The zero-order valence-corrected chi connectivity index (χ0v) is 19.2. The van der Waals surface area contributed by atoms with Gasteiger partial charge in [0.25, 0.3) is 0 Å². The van der Waals surface area contributed by atoms with Crippen LogP contribution < -0.4 is 21.7 Å². The first-order valence-electron chi connectivity index (χ1n) is 10.1. The first kappa shape index (κ1) is 27.9. The molecule has 1 rings (SSSR count). The normalized spacial score (nSPS) is 14.6. The molecule has 1 aromatic rings. The molecule has 0 aliphatic rings. The van der Waals surface area contributed by atoms with Crippen LogP contribution in [0.4, 0.5) is 0 Å². The molecule has 0 bridgehead atoms. The van der Waals surface area contributed by atoms with Crippen molar-refractivity contribution in [1.82, 2.24) is 25.9 Å². The fourth-order valence-electron chi connectivity index (χ4n) is 2.82. The van der Waals surface area contributed by atoms with Crippen LogP contribution in [0.1, 0.15) is 32.4 Å². The quantitative estimate of drug-likeness (QED) is 0.140. The summed E-state index contributed by atoms with van der Waals surface area (Å²) in [6.45, 7) is 3.56. The summed E-state index contributed by atoms with van der Waals surface area (Å²) in [5, 5.41) is 25.1. The van der Waals surface area contributed by atoms with Gasteiger partial charge in [0, 0.05) is 24.1 Å². The number of carboxylic acid groups (broad SMARTS) is 2. The Kier molecular flexibility index (Phi) is 11.4. The molecular weight excluding hydrogens is 456 g/mol. The average molecular weight is 487 g/mol. The van der Waals surface area contributed by atoms with Crippen LogP contribution in [0.15, 0.2) is 12.5 Å². The Hall–Kier alpha value is -3.13. The summed E-state index contributed by atoms with van der Waals surface area (Å²) in [4.78, 5) is 66.5. The van der Waals surface area contributed by atoms with Crippen molar-refractivity contribution in [2.75, 3.05) is 5.75 Å². The molecule has 0 aliphatic carbocycles. The van der Waals surface area contributed by atoms with Crippen molar-refractivity contribution >= 4 is 42.3 Å². The summed E-state index contributed by atoms with van der Waals surface area (Å²) in [5.74, 6) is -5.29. The minimum atomic E-state index is -1.66. The number of nitrogens with zero attached hydrogens (tertiary/aromatic N) is 1. The molecule has 184 valence electrons. The molecule has 0 spiro atoms. The Bertz CT molecular complexity index is 833. The Morgan fingerprint density at radius 1 is 1.03 bits per heavy atom. The first-order valence-corrected chi connectivity index (χ1v) is 10.8. The van der Waals surface area contributed by atoms with E-state index >= 15 is 0 Å². The lowest BCUT2D eigenvalue weighted by Gasteiger charge is -2.25. The third kappa shape index (κ3) is 9.91. The van der Waals surface area contributed by atoms with Crippen molar-refractivity contribution in [1.29, 1.82) is 0 Å². The number of carbonyl (C=O) groups excluding carboxylic acids is 3. The molecule has 8 N–H and O–H groups in total. The average Bonchev–Trinajstić information content (AvgIpc) is 3.22. The summed E-state index contributed by atoms with van der Waals surface area (Å²) < 4.78 is 0. The van der Waals surface area contributed by atoms with Gasteiger partial charge < -0.3 is 36.9 Å². The second-order valence-electron chi connectivity index (χ2n) is 7.82. The number of hydrogen-bond donors (Lipinski definition) is 8. The van der Waals surface area contributed by atoms with Gasteiger partial charge in [-0.1, -0.05) is 13.8 Å². The van der Waals surface area contributed by atoms with Crippen LogP contribution in [-0.4, -0.2) is 79.8 Å². The lowest BCUT2D eigenvalue weighted by atomic mass is 10.0. The zero-order valence-electron chi connectivity index (χ0n) is 18.3. The summed E-state index contributed by atoms with van der Waals surface area (Å²) in [5.41, 5.74) is 6.50. The summed E-state index contributed by atoms with van der Waals surface area (Å²) in [7, 11) is 0. The fraction of sp³-hybridized carbons (Fsp3) is 0.579. The highest BCUT2D eigenvalue weighted by atomic mass is 32.1. The summed E-state index contributed by atoms with van der Waals surface area (Å²) >= 11 is 4.08. The van der Waals surface area contributed by atoms with Crippen LogP contribution in [0.2, 0.25) is 0 Å². The van der Waals surface area contributed by atoms with Crippen molar-refractivity contribution in [3.05, 3.63) is 18.2 Å². The van der Waals surface area contributed by atoms with Crippen molar-refractivity contribution in [3.63, 3.8) is 0 Å². The molecule has 0 fully saturated rings. The Morgan fingerprint density at radius 3 is 2.09 bits per heavy atom. The second-order valence-corrected chi connectivity index (χ2v) is 8.18. The Labute approximate surface area is 195 Å². The molecule has 14 heteroatoms.